The molecule has 16 heteroatoms. The van der Waals surface area contributed by atoms with Crippen molar-refractivity contribution in [1.29, 1.82) is 0 Å². The van der Waals surface area contributed by atoms with Crippen LogP contribution in [0.2, 0.25) is 0 Å². The van der Waals surface area contributed by atoms with Crippen LogP contribution >= 0.6 is 11.3 Å². The van der Waals surface area contributed by atoms with Crippen LogP contribution in [0.4, 0.5) is 20.3 Å². The number of anilines is 2. The van der Waals surface area contributed by atoms with Crippen LogP contribution in [-0.2, 0) is 11.3 Å². The molecule has 6 heterocycles. The Balaban J connectivity index is 1.20. The van der Waals surface area contributed by atoms with E-state index in [1.807, 2.05) is 6.07 Å². The predicted octanol–water partition coefficient (Wildman–Crippen LogP) is 2.54. The van der Waals surface area contributed by atoms with Gasteiger partial charge in [0.05, 0.1) is 12.7 Å². The highest BCUT2D eigenvalue weighted by Crippen LogP contribution is 2.35. The van der Waals surface area contributed by atoms with E-state index in [4.69, 9.17) is 10.3 Å². The van der Waals surface area contributed by atoms with Crippen molar-refractivity contribution >= 4 is 44.7 Å². The minimum atomic E-state index is -1.67. The lowest BCUT2D eigenvalue weighted by molar-refractivity contribution is -0.124. The fraction of sp³-hybridized carbons (Fsp3) is 0.167. The van der Waals surface area contributed by atoms with Gasteiger partial charge < -0.3 is 20.9 Å². The zero-order valence-electron chi connectivity index (χ0n) is 20.2. The summed E-state index contributed by atoms with van der Waals surface area (Å²) >= 11 is 1.41. The standard InChI is InChI=1S/C24H17F2N9O4S/c25-12-2-1-3-28-18(12)19-33-23(39-34-19)22(37)32-14-9-30-20-13(26)5-15(35(20)24(14)38)21(36)31-8-11-4-10-7-29-17(27)6-16(10)40-11/h1-4,6-7,9,13,15H,5,8H2,(H2,27,29)(H,31,36)(H,32,37)/t13-,15+/m1/s1. The molecule has 2 atom stereocenters. The number of alkyl halides is 1. The maximum atomic E-state index is 14.7. The molecule has 2 amide bonds. The number of hydrogen-bond acceptors (Lipinski definition) is 11. The number of nitrogens with one attached hydrogen (secondary N) is 2. The molecule has 1 aliphatic heterocycles. The number of rotatable bonds is 6. The van der Waals surface area contributed by atoms with E-state index in [1.54, 1.807) is 12.3 Å². The van der Waals surface area contributed by atoms with E-state index in [-0.39, 0.29) is 36.0 Å². The van der Waals surface area contributed by atoms with Gasteiger partial charge in [-0.15, -0.1) is 11.3 Å². The van der Waals surface area contributed by atoms with Gasteiger partial charge in [0.25, 0.3) is 5.56 Å². The summed E-state index contributed by atoms with van der Waals surface area (Å²) in [6.45, 7) is 0.135. The van der Waals surface area contributed by atoms with E-state index in [9.17, 15) is 23.2 Å². The number of nitrogens with two attached hydrogens (primary N) is 1. The Morgan fingerprint density at radius 3 is 2.90 bits per heavy atom. The van der Waals surface area contributed by atoms with Gasteiger partial charge in [-0.1, -0.05) is 5.16 Å². The third-order valence-electron chi connectivity index (χ3n) is 6.10. The second-order valence-electron chi connectivity index (χ2n) is 8.71. The van der Waals surface area contributed by atoms with Crippen molar-refractivity contribution in [3.05, 3.63) is 75.6 Å². The molecule has 0 saturated carbocycles. The van der Waals surface area contributed by atoms with Crippen LogP contribution in [0.25, 0.3) is 21.6 Å². The molecular formula is C24H17F2N9O4S. The van der Waals surface area contributed by atoms with Gasteiger partial charge in [0.2, 0.25) is 11.7 Å². The van der Waals surface area contributed by atoms with Gasteiger partial charge >= 0.3 is 11.8 Å². The number of carbonyl (C=O) groups is 2. The molecule has 5 aromatic heterocycles. The molecule has 40 heavy (non-hydrogen) atoms. The van der Waals surface area contributed by atoms with Gasteiger partial charge in [-0.2, -0.15) is 4.98 Å². The van der Waals surface area contributed by atoms with Gasteiger partial charge in [0, 0.05) is 33.8 Å². The molecular weight excluding hydrogens is 548 g/mol. The lowest BCUT2D eigenvalue weighted by atomic mass is 10.2. The van der Waals surface area contributed by atoms with E-state index in [0.717, 1.165) is 31.8 Å². The molecule has 0 aliphatic carbocycles. The van der Waals surface area contributed by atoms with Gasteiger partial charge in [-0.05, 0) is 24.3 Å². The number of thiophene rings is 1. The molecule has 4 N–H and O–H groups in total. The zero-order valence-corrected chi connectivity index (χ0v) is 21.0. The quantitative estimate of drug-likeness (QED) is 0.276. The third-order valence-corrected chi connectivity index (χ3v) is 7.19. The third kappa shape index (κ3) is 4.53. The van der Waals surface area contributed by atoms with Crippen LogP contribution in [-0.4, -0.2) is 41.5 Å². The van der Waals surface area contributed by atoms with Crippen LogP contribution in [0, 0.1) is 5.82 Å². The Morgan fingerprint density at radius 2 is 2.08 bits per heavy atom. The highest BCUT2D eigenvalue weighted by atomic mass is 32.1. The summed E-state index contributed by atoms with van der Waals surface area (Å²) in [6, 6.07) is 4.88. The molecule has 0 spiro atoms. The highest BCUT2D eigenvalue weighted by molar-refractivity contribution is 7.19. The summed E-state index contributed by atoms with van der Waals surface area (Å²) in [4.78, 5) is 55.3. The largest absolute Gasteiger partial charge is 0.384 e. The van der Waals surface area contributed by atoms with Crippen LogP contribution in [0.3, 0.4) is 0 Å². The first-order chi connectivity index (χ1) is 19.3. The molecule has 5 aromatic rings. The average molecular weight is 566 g/mol. The van der Waals surface area contributed by atoms with Crippen molar-refractivity contribution in [1.82, 2.24) is 35.0 Å². The fourth-order valence-corrected chi connectivity index (χ4v) is 5.27. The molecule has 0 aromatic carbocycles. The maximum Gasteiger partial charge on any atom is 0.316 e. The Hall–Kier alpha value is -5.12. The molecule has 13 nitrogen and oxygen atoms in total. The average Bonchev–Trinajstić information content (AvgIpc) is 3.66. The predicted molar refractivity (Wildman–Crippen MR) is 137 cm³/mol. The molecule has 0 bridgehead atoms. The normalized spacial score (nSPS) is 16.1. The Kier molecular flexibility index (Phi) is 6.22. The lowest BCUT2D eigenvalue weighted by Gasteiger charge is -2.14. The summed E-state index contributed by atoms with van der Waals surface area (Å²) < 4.78 is 35.4. The van der Waals surface area contributed by atoms with E-state index in [1.165, 1.54) is 23.6 Å². The van der Waals surface area contributed by atoms with Gasteiger partial charge in [-0.3, -0.25) is 19.0 Å². The first kappa shape index (κ1) is 25.2. The van der Waals surface area contributed by atoms with E-state index in [0.29, 0.717) is 5.82 Å². The number of fused-ring (bicyclic) bond motifs is 2. The molecule has 0 radical (unpaired) electrons. The number of pyridine rings is 2. The maximum absolute atomic E-state index is 14.7. The summed E-state index contributed by atoms with van der Waals surface area (Å²) in [6.07, 6.45) is 1.94. The van der Waals surface area contributed by atoms with E-state index >= 15 is 0 Å². The smallest absolute Gasteiger partial charge is 0.316 e. The Bertz CT molecular complexity index is 1850. The van der Waals surface area contributed by atoms with Crippen molar-refractivity contribution in [3.8, 4) is 11.5 Å². The van der Waals surface area contributed by atoms with Crippen molar-refractivity contribution in [2.75, 3.05) is 11.1 Å². The lowest BCUT2D eigenvalue weighted by Crippen LogP contribution is -2.36. The van der Waals surface area contributed by atoms with Crippen LogP contribution in [0.15, 0.2) is 52.2 Å². The van der Waals surface area contributed by atoms with Crippen molar-refractivity contribution in [2.24, 2.45) is 0 Å². The molecule has 0 unspecified atom stereocenters. The zero-order chi connectivity index (χ0) is 28.0. The molecule has 0 saturated heterocycles. The van der Waals surface area contributed by atoms with Gasteiger partial charge in [-0.25, -0.2) is 23.7 Å². The first-order valence-corrected chi connectivity index (χ1v) is 12.5. The number of nitrogen functional groups attached to an aromatic ring is 1. The molecule has 202 valence electrons. The number of aromatic nitrogens is 6. The van der Waals surface area contributed by atoms with Gasteiger partial charge in [0.15, 0.2) is 12.0 Å². The van der Waals surface area contributed by atoms with Crippen molar-refractivity contribution in [2.45, 2.75) is 25.2 Å². The topological polar surface area (TPSA) is 184 Å². The van der Waals surface area contributed by atoms with E-state index in [2.05, 4.69) is 35.7 Å². The number of nitrogens with zero attached hydrogens (tertiary/aromatic N) is 6. The molecule has 6 rings (SSSR count). The summed E-state index contributed by atoms with van der Waals surface area (Å²) in [5.41, 5.74) is 4.28. The number of amides is 2. The number of hydrogen-bond donors (Lipinski definition) is 3. The number of halogens is 2. The Morgan fingerprint density at radius 1 is 1.23 bits per heavy atom. The van der Waals surface area contributed by atoms with Crippen LogP contribution < -0.4 is 21.9 Å². The van der Waals surface area contributed by atoms with E-state index < -0.39 is 41.3 Å². The SMILES string of the molecule is Nc1cc2sc(CNC(=O)[C@@H]3C[C@@H](F)c4ncc(NC(=O)c5nc(-c6ncccc6F)no5)c(=O)n43)cc2cn1. The highest BCUT2D eigenvalue weighted by Gasteiger charge is 2.38. The van der Waals surface area contributed by atoms with Crippen molar-refractivity contribution < 1.29 is 22.9 Å². The van der Waals surface area contributed by atoms with Gasteiger partial charge in [0.1, 0.15) is 29.1 Å². The molecule has 1 aliphatic rings. The first-order valence-electron chi connectivity index (χ1n) is 11.7. The van der Waals surface area contributed by atoms with Crippen molar-refractivity contribution in [3.63, 3.8) is 0 Å². The number of carbonyl (C=O) groups excluding carboxylic acids is 2. The Labute approximate surface area is 226 Å². The fourth-order valence-electron chi connectivity index (χ4n) is 4.25. The molecule has 0 fully saturated rings. The van der Waals surface area contributed by atoms with Crippen LogP contribution in [0.5, 0.6) is 0 Å². The summed E-state index contributed by atoms with van der Waals surface area (Å²) in [7, 11) is 0. The minimum Gasteiger partial charge on any atom is -0.384 e. The second kappa shape index (κ2) is 9.88. The van der Waals surface area contributed by atoms with Crippen LogP contribution in [0.1, 0.15) is 40.0 Å². The second-order valence-corrected chi connectivity index (χ2v) is 9.88. The monoisotopic (exact) mass is 565 g/mol. The summed E-state index contributed by atoms with van der Waals surface area (Å²) in [5.74, 6) is -3.04. The minimum absolute atomic E-state index is 0.135. The summed E-state index contributed by atoms with van der Waals surface area (Å²) in [5, 5.41) is 9.39.